The van der Waals surface area contributed by atoms with E-state index in [4.69, 9.17) is 0 Å². The van der Waals surface area contributed by atoms with Crippen LogP contribution in [0.2, 0.25) is 0 Å². The Morgan fingerprint density at radius 1 is 1.33 bits per heavy atom. The Morgan fingerprint density at radius 3 is 2.72 bits per heavy atom. The maximum absolute atomic E-state index is 11.3. The van der Waals surface area contributed by atoms with Gasteiger partial charge in [-0.1, -0.05) is 0 Å². The van der Waals surface area contributed by atoms with Crippen LogP contribution in [0.5, 0.6) is 0 Å². The Kier molecular flexibility index (Phi) is 3.52. The predicted molar refractivity (Wildman–Crippen MR) is 64.6 cm³/mol. The van der Waals surface area contributed by atoms with E-state index in [1.807, 2.05) is 0 Å². The van der Waals surface area contributed by atoms with Gasteiger partial charge < -0.3 is 5.11 Å². The Hall–Kier alpha value is -2.02. The van der Waals surface area contributed by atoms with Crippen molar-refractivity contribution in [1.29, 1.82) is 0 Å². The SMILES string of the molecule is Cc1nnc(Sc2ccncn2)c(C(=O)O)c1C. The average molecular weight is 262 g/mol. The zero-order chi connectivity index (χ0) is 13.1. The molecule has 0 aliphatic heterocycles. The zero-order valence-electron chi connectivity index (χ0n) is 9.78. The van der Waals surface area contributed by atoms with Crippen LogP contribution in [0.3, 0.4) is 0 Å². The second-order valence-corrected chi connectivity index (χ2v) is 4.55. The second-order valence-electron chi connectivity index (χ2n) is 3.55. The Morgan fingerprint density at radius 2 is 2.11 bits per heavy atom. The van der Waals surface area contributed by atoms with Crippen molar-refractivity contribution >= 4 is 17.7 Å². The lowest BCUT2D eigenvalue weighted by atomic mass is 10.1. The third-order valence-electron chi connectivity index (χ3n) is 2.39. The molecule has 0 atom stereocenters. The Bertz CT molecular complexity index is 589. The van der Waals surface area contributed by atoms with E-state index in [-0.39, 0.29) is 5.56 Å². The number of carboxylic acid groups (broad SMARTS) is 1. The number of rotatable bonds is 3. The van der Waals surface area contributed by atoms with Crippen LogP contribution < -0.4 is 0 Å². The van der Waals surface area contributed by atoms with Crippen LogP contribution in [-0.4, -0.2) is 31.2 Å². The molecule has 92 valence electrons. The zero-order valence-corrected chi connectivity index (χ0v) is 10.6. The first-order valence-corrected chi connectivity index (χ1v) is 5.92. The minimum atomic E-state index is -1.01. The van der Waals surface area contributed by atoms with Crippen LogP contribution in [0, 0.1) is 13.8 Å². The molecular formula is C11H10N4O2S. The van der Waals surface area contributed by atoms with Gasteiger partial charge in [0.2, 0.25) is 0 Å². The lowest BCUT2D eigenvalue weighted by Crippen LogP contribution is -2.08. The fraction of sp³-hybridized carbons (Fsp3) is 0.182. The molecule has 0 aliphatic rings. The smallest absolute Gasteiger partial charge is 0.338 e. The summed E-state index contributed by atoms with van der Waals surface area (Å²) in [5.74, 6) is -1.01. The first-order valence-electron chi connectivity index (χ1n) is 5.10. The molecule has 2 rings (SSSR count). The van der Waals surface area contributed by atoms with E-state index in [2.05, 4.69) is 20.2 Å². The molecule has 18 heavy (non-hydrogen) atoms. The molecule has 0 aromatic carbocycles. The molecule has 0 amide bonds. The van der Waals surface area contributed by atoms with Gasteiger partial charge in [-0.25, -0.2) is 14.8 Å². The predicted octanol–water partition coefficient (Wildman–Crippen LogP) is 1.73. The van der Waals surface area contributed by atoms with Gasteiger partial charge in [-0.2, -0.15) is 5.10 Å². The number of aryl methyl sites for hydroxylation is 1. The molecule has 2 aromatic heterocycles. The van der Waals surface area contributed by atoms with Crippen molar-refractivity contribution in [2.45, 2.75) is 23.9 Å². The summed E-state index contributed by atoms with van der Waals surface area (Å²) in [4.78, 5) is 19.1. The third kappa shape index (κ3) is 2.45. The molecule has 0 aliphatic carbocycles. The molecule has 7 heteroatoms. The summed E-state index contributed by atoms with van der Waals surface area (Å²) in [6.45, 7) is 3.45. The lowest BCUT2D eigenvalue weighted by molar-refractivity contribution is 0.0690. The number of aromatic nitrogens is 4. The van der Waals surface area contributed by atoms with E-state index in [0.717, 1.165) is 11.8 Å². The van der Waals surface area contributed by atoms with Crippen LogP contribution in [0.15, 0.2) is 28.6 Å². The number of hydrogen-bond acceptors (Lipinski definition) is 6. The fourth-order valence-electron chi connectivity index (χ4n) is 1.35. The molecule has 0 spiro atoms. The molecule has 1 N–H and O–H groups in total. The second kappa shape index (κ2) is 5.09. The molecule has 2 heterocycles. The molecule has 0 saturated carbocycles. The minimum absolute atomic E-state index is 0.172. The number of aromatic carboxylic acids is 1. The van der Waals surface area contributed by atoms with E-state index >= 15 is 0 Å². The summed E-state index contributed by atoms with van der Waals surface area (Å²) < 4.78 is 0. The van der Waals surface area contributed by atoms with Gasteiger partial charge in [0.1, 0.15) is 16.4 Å². The third-order valence-corrected chi connectivity index (χ3v) is 3.32. The molecule has 0 saturated heterocycles. The number of hydrogen-bond donors (Lipinski definition) is 1. The monoisotopic (exact) mass is 262 g/mol. The summed E-state index contributed by atoms with van der Waals surface area (Å²) in [7, 11) is 0. The van der Waals surface area contributed by atoms with Gasteiger partial charge in [0, 0.05) is 6.20 Å². The van der Waals surface area contributed by atoms with Crippen LogP contribution in [-0.2, 0) is 0 Å². The van der Waals surface area contributed by atoms with Gasteiger partial charge in [-0.3, -0.25) is 0 Å². The highest BCUT2D eigenvalue weighted by atomic mass is 32.2. The maximum atomic E-state index is 11.3. The number of carboxylic acids is 1. The fourth-order valence-corrected chi connectivity index (χ4v) is 2.20. The van der Waals surface area contributed by atoms with Gasteiger partial charge in [0.15, 0.2) is 0 Å². The summed E-state index contributed by atoms with van der Waals surface area (Å²) >= 11 is 1.16. The highest BCUT2D eigenvalue weighted by Crippen LogP contribution is 2.28. The van der Waals surface area contributed by atoms with Crippen molar-refractivity contribution in [2.24, 2.45) is 0 Å². The molecular weight excluding hydrogens is 252 g/mol. The molecule has 0 fully saturated rings. The average Bonchev–Trinajstić information content (AvgIpc) is 2.35. The van der Waals surface area contributed by atoms with E-state index in [1.165, 1.54) is 6.33 Å². The molecule has 6 nitrogen and oxygen atoms in total. The maximum Gasteiger partial charge on any atom is 0.338 e. The van der Waals surface area contributed by atoms with Gasteiger partial charge in [-0.05, 0) is 37.2 Å². The Labute approximate surface area is 108 Å². The van der Waals surface area contributed by atoms with Crippen molar-refractivity contribution in [3.8, 4) is 0 Å². The van der Waals surface area contributed by atoms with Crippen LogP contribution in [0.25, 0.3) is 0 Å². The van der Waals surface area contributed by atoms with Gasteiger partial charge in [0.05, 0.1) is 11.3 Å². The van der Waals surface area contributed by atoms with Crippen LogP contribution in [0.1, 0.15) is 21.6 Å². The van der Waals surface area contributed by atoms with Crippen molar-refractivity contribution < 1.29 is 9.90 Å². The first kappa shape index (κ1) is 12.4. The van der Waals surface area contributed by atoms with Crippen molar-refractivity contribution in [1.82, 2.24) is 20.2 Å². The quantitative estimate of drug-likeness (QED) is 0.842. The summed E-state index contributed by atoms with van der Waals surface area (Å²) in [5, 5.41) is 18.1. The van der Waals surface area contributed by atoms with Crippen molar-refractivity contribution in [2.75, 3.05) is 0 Å². The molecule has 0 bridgehead atoms. The lowest BCUT2D eigenvalue weighted by Gasteiger charge is -2.07. The van der Waals surface area contributed by atoms with Gasteiger partial charge in [-0.15, -0.1) is 5.10 Å². The highest BCUT2D eigenvalue weighted by Gasteiger charge is 2.18. The Balaban J connectivity index is 2.45. The van der Waals surface area contributed by atoms with E-state index < -0.39 is 5.97 Å². The largest absolute Gasteiger partial charge is 0.478 e. The molecule has 0 radical (unpaired) electrons. The van der Waals surface area contributed by atoms with Crippen molar-refractivity contribution in [3.63, 3.8) is 0 Å². The first-order chi connectivity index (χ1) is 8.59. The molecule has 0 unspecified atom stereocenters. The van der Waals surface area contributed by atoms with E-state index in [9.17, 15) is 9.90 Å². The summed E-state index contributed by atoms with van der Waals surface area (Å²) in [6.07, 6.45) is 2.99. The van der Waals surface area contributed by atoms with Crippen LogP contribution in [0.4, 0.5) is 0 Å². The summed E-state index contributed by atoms with van der Waals surface area (Å²) in [6, 6.07) is 1.69. The standard InChI is InChI=1S/C11H10N4O2S/c1-6-7(2)14-15-10(9(6)11(16)17)18-8-3-4-12-5-13-8/h3-5H,1-2H3,(H,16,17). The normalized spacial score (nSPS) is 10.3. The van der Waals surface area contributed by atoms with Crippen LogP contribution >= 0.6 is 11.8 Å². The van der Waals surface area contributed by atoms with E-state index in [0.29, 0.717) is 21.3 Å². The van der Waals surface area contributed by atoms with E-state index in [1.54, 1.807) is 26.1 Å². The number of carbonyl (C=O) groups is 1. The molecule has 2 aromatic rings. The van der Waals surface area contributed by atoms with Gasteiger partial charge >= 0.3 is 5.97 Å². The van der Waals surface area contributed by atoms with Gasteiger partial charge in [0.25, 0.3) is 0 Å². The summed E-state index contributed by atoms with van der Waals surface area (Å²) in [5.41, 5.74) is 1.40. The minimum Gasteiger partial charge on any atom is -0.478 e. The highest BCUT2D eigenvalue weighted by molar-refractivity contribution is 7.99. The number of nitrogens with zero attached hydrogens (tertiary/aromatic N) is 4. The topological polar surface area (TPSA) is 88.9 Å². The van der Waals surface area contributed by atoms with Crippen molar-refractivity contribution in [3.05, 3.63) is 35.4 Å².